The van der Waals surface area contributed by atoms with Crippen molar-refractivity contribution in [3.8, 4) is 5.69 Å². The molecule has 6 nitrogen and oxygen atoms in total. The molecule has 142 valence electrons. The number of nitrogens with zero attached hydrogens (tertiary/aromatic N) is 4. The Hall–Kier alpha value is -2.29. The zero-order valence-electron chi connectivity index (χ0n) is 15.4. The van der Waals surface area contributed by atoms with Crippen LogP contribution in [0.25, 0.3) is 15.9 Å². The van der Waals surface area contributed by atoms with Crippen molar-refractivity contribution in [2.45, 2.75) is 13.0 Å². The zero-order chi connectivity index (χ0) is 19.1. The summed E-state index contributed by atoms with van der Waals surface area (Å²) in [5.41, 5.74) is 7.52. The fourth-order valence-electron chi connectivity index (χ4n) is 3.53. The standard InChI is InChI=1S/C19H22FN5OS/c1-12-16-9-17(18(26)24-8-7-23(2)11-15(24)10-21)27-19(16)25(22-12)14-5-3-13(20)4-6-14/h3-6,9,15H,7-8,10-11,21H2,1-2H3/t15-/m1/s1. The highest BCUT2D eigenvalue weighted by atomic mass is 32.1. The van der Waals surface area contributed by atoms with Gasteiger partial charge in [-0.2, -0.15) is 5.10 Å². The number of aryl methyl sites for hydroxylation is 1. The summed E-state index contributed by atoms with van der Waals surface area (Å²) in [5, 5.41) is 5.51. The van der Waals surface area contributed by atoms with Gasteiger partial charge in [0, 0.05) is 31.6 Å². The Balaban J connectivity index is 1.70. The molecule has 0 bridgehead atoms. The molecule has 1 amide bonds. The molecule has 0 aliphatic carbocycles. The minimum absolute atomic E-state index is 0.0183. The van der Waals surface area contributed by atoms with Gasteiger partial charge in [-0.15, -0.1) is 11.3 Å². The molecule has 0 unspecified atom stereocenters. The first-order valence-electron chi connectivity index (χ1n) is 8.92. The van der Waals surface area contributed by atoms with Crippen LogP contribution in [-0.4, -0.2) is 64.8 Å². The molecule has 1 atom stereocenters. The van der Waals surface area contributed by atoms with Crippen LogP contribution in [0.5, 0.6) is 0 Å². The number of hydrogen-bond acceptors (Lipinski definition) is 5. The van der Waals surface area contributed by atoms with E-state index in [2.05, 4.69) is 10.00 Å². The van der Waals surface area contributed by atoms with E-state index < -0.39 is 0 Å². The Morgan fingerprint density at radius 2 is 2.07 bits per heavy atom. The molecule has 1 aliphatic rings. The second-order valence-electron chi connectivity index (χ2n) is 6.95. The van der Waals surface area contributed by atoms with Gasteiger partial charge >= 0.3 is 0 Å². The Morgan fingerprint density at radius 3 is 2.78 bits per heavy atom. The van der Waals surface area contributed by atoms with Crippen molar-refractivity contribution < 1.29 is 9.18 Å². The van der Waals surface area contributed by atoms with Gasteiger partial charge in [0.1, 0.15) is 10.6 Å². The van der Waals surface area contributed by atoms with Gasteiger partial charge in [-0.05, 0) is 44.3 Å². The highest BCUT2D eigenvalue weighted by Crippen LogP contribution is 2.31. The number of thiophene rings is 1. The van der Waals surface area contributed by atoms with Crippen LogP contribution in [0.4, 0.5) is 4.39 Å². The van der Waals surface area contributed by atoms with Crippen molar-refractivity contribution in [1.82, 2.24) is 19.6 Å². The monoisotopic (exact) mass is 387 g/mol. The number of halogens is 1. The molecule has 1 saturated heterocycles. The number of hydrogen-bond donors (Lipinski definition) is 1. The third-order valence-electron chi connectivity index (χ3n) is 5.05. The van der Waals surface area contributed by atoms with Crippen LogP contribution in [0.2, 0.25) is 0 Å². The first-order chi connectivity index (χ1) is 13.0. The van der Waals surface area contributed by atoms with Crippen molar-refractivity contribution in [1.29, 1.82) is 0 Å². The van der Waals surface area contributed by atoms with Crippen LogP contribution < -0.4 is 5.73 Å². The lowest BCUT2D eigenvalue weighted by Gasteiger charge is -2.39. The van der Waals surface area contributed by atoms with Crippen LogP contribution in [0.3, 0.4) is 0 Å². The van der Waals surface area contributed by atoms with E-state index in [0.717, 1.165) is 34.7 Å². The van der Waals surface area contributed by atoms with E-state index in [1.165, 1.54) is 23.5 Å². The summed E-state index contributed by atoms with van der Waals surface area (Å²) in [6.45, 7) is 4.67. The average molecular weight is 387 g/mol. The van der Waals surface area contributed by atoms with Gasteiger partial charge in [0.15, 0.2) is 0 Å². The van der Waals surface area contributed by atoms with Crippen LogP contribution in [-0.2, 0) is 0 Å². The summed E-state index contributed by atoms with van der Waals surface area (Å²) in [6, 6.07) is 8.13. The van der Waals surface area contributed by atoms with Crippen LogP contribution >= 0.6 is 11.3 Å². The van der Waals surface area contributed by atoms with Crippen molar-refractivity contribution >= 4 is 27.5 Å². The summed E-state index contributed by atoms with van der Waals surface area (Å²) in [6.07, 6.45) is 0. The predicted molar refractivity (Wildman–Crippen MR) is 105 cm³/mol. The number of benzene rings is 1. The second kappa shape index (κ2) is 7.03. The normalized spacial score (nSPS) is 18.4. The molecule has 27 heavy (non-hydrogen) atoms. The molecular weight excluding hydrogens is 365 g/mol. The molecule has 2 aromatic heterocycles. The van der Waals surface area contributed by atoms with Crippen LogP contribution in [0.1, 0.15) is 15.4 Å². The van der Waals surface area contributed by atoms with Crippen molar-refractivity contribution in [2.75, 3.05) is 33.2 Å². The molecule has 1 fully saturated rings. The zero-order valence-corrected chi connectivity index (χ0v) is 16.2. The van der Waals surface area contributed by atoms with Gasteiger partial charge in [0.05, 0.1) is 22.3 Å². The quantitative estimate of drug-likeness (QED) is 0.749. The lowest BCUT2D eigenvalue weighted by Crippen LogP contribution is -2.56. The maximum atomic E-state index is 13.2. The number of rotatable bonds is 3. The largest absolute Gasteiger partial charge is 0.331 e. The van der Waals surface area contributed by atoms with Gasteiger partial charge in [-0.3, -0.25) is 4.79 Å². The molecule has 3 heterocycles. The molecule has 1 aromatic carbocycles. The average Bonchev–Trinajstić information content (AvgIpc) is 3.22. The molecule has 8 heteroatoms. The van der Waals surface area contributed by atoms with Gasteiger partial charge in [0.25, 0.3) is 5.91 Å². The number of piperazine rings is 1. The van der Waals surface area contributed by atoms with Crippen LogP contribution in [0, 0.1) is 12.7 Å². The molecular formula is C19H22FN5OS. The number of amides is 1. The van der Waals surface area contributed by atoms with Crippen molar-refractivity contribution in [3.63, 3.8) is 0 Å². The summed E-state index contributed by atoms with van der Waals surface area (Å²) in [4.78, 5) is 18.8. The second-order valence-corrected chi connectivity index (χ2v) is 7.98. The van der Waals surface area contributed by atoms with E-state index in [1.807, 2.05) is 24.9 Å². The number of aromatic nitrogens is 2. The number of likely N-dealkylation sites (N-methyl/N-ethyl adjacent to an activating group) is 1. The number of carbonyl (C=O) groups is 1. The first kappa shape index (κ1) is 18.1. The molecule has 0 radical (unpaired) electrons. The Kier molecular flexibility index (Phi) is 4.71. The smallest absolute Gasteiger partial charge is 0.264 e. The number of carbonyl (C=O) groups excluding carboxylic acids is 1. The van der Waals surface area contributed by atoms with E-state index in [9.17, 15) is 9.18 Å². The molecule has 0 spiro atoms. The van der Waals surface area contributed by atoms with Gasteiger partial charge in [0.2, 0.25) is 0 Å². The minimum Gasteiger partial charge on any atom is -0.331 e. The summed E-state index contributed by atoms with van der Waals surface area (Å²) in [7, 11) is 2.05. The molecule has 4 rings (SSSR count). The van der Waals surface area contributed by atoms with E-state index in [0.29, 0.717) is 18.0 Å². The maximum absolute atomic E-state index is 13.2. The molecule has 0 saturated carbocycles. The van der Waals surface area contributed by atoms with E-state index in [1.54, 1.807) is 16.8 Å². The highest BCUT2D eigenvalue weighted by Gasteiger charge is 2.30. The fraction of sp³-hybridized carbons (Fsp3) is 0.368. The number of fused-ring (bicyclic) bond motifs is 1. The van der Waals surface area contributed by atoms with Gasteiger partial charge < -0.3 is 15.5 Å². The van der Waals surface area contributed by atoms with Crippen molar-refractivity contribution in [2.24, 2.45) is 5.73 Å². The minimum atomic E-state index is -0.288. The third kappa shape index (κ3) is 3.24. The van der Waals surface area contributed by atoms with E-state index >= 15 is 0 Å². The summed E-state index contributed by atoms with van der Waals surface area (Å²) in [5.74, 6) is -0.270. The predicted octanol–water partition coefficient (Wildman–Crippen LogP) is 2.25. The first-order valence-corrected chi connectivity index (χ1v) is 9.74. The molecule has 2 N–H and O–H groups in total. The Bertz CT molecular complexity index is 980. The third-order valence-corrected chi connectivity index (χ3v) is 6.14. The Labute approximate surface area is 161 Å². The SMILES string of the molecule is Cc1nn(-c2ccc(F)cc2)c2sc(C(=O)N3CCN(C)C[C@H]3CN)cc12. The summed E-state index contributed by atoms with van der Waals surface area (Å²) >= 11 is 1.42. The maximum Gasteiger partial charge on any atom is 0.264 e. The van der Waals surface area contributed by atoms with E-state index in [-0.39, 0.29) is 17.8 Å². The van der Waals surface area contributed by atoms with Gasteiger partial charge in [-0.1, -0.05) is 0 Å². The van der Waals surface area contributed by atoms with E-state index in [4.69, 9.17) is 5.73 Å². The highest BCUT2D eigenvalue weighted by molar-refractivity contribution is 7.20. The lowest BCUT2D eigenvalue weighted by atomic mass is 10.1. The summed E-state index contributed by atoms with van der Waals surface area (Å²) < 4.78 is 15.0. The molecule has 1 aliphatic heterocycles. The van der Waals surface area contributed by atoms with Crippen molar-refractivity contribution in [3.05, 3.63) is 46.7 Å². The topological polar surface area (TPSA) is 67.4 Å². The molecule has 3 aromatic rings. The fourth-order valence-corrected chi connectivity index (χ4v) is 4.67. The number of nitrogens with two attached hydrogens (primary N) is 1. The Morgan fingerprint density at radius 1 is 1.33 bits per heavy atom. The van der Waals surface area contributed by atoms with Crippen LogP contribution in [0.15, 0.2) is 30.3 Å². The lowest BCUT2D eigenvalue weighted by molar-refractivity contribution is 0.0521. The van der Waals surface area contributed by atoms with Gasteiger partial charge in [-0.25, -0.2) is 9.07 Å².